The van der Waals surface area contributed by atoms with Gasteiger partial charge in [0.25, 0.3) is 5.91 Å². The van der Waals surface area contributed by atoms with Crippen molar-refractivity contribution in [3.63, 3.8) is 0 Å². The smallest absolute Gasteiger partial charge is 0.257 e. The zero-order chi connectivity index (χ0) is 18.6. The van der Waals surface area contributed by atoms with Gasteiger partial charge in [0.15, 0.2) is 0 Å². The molecule has 0 saturated carbocycles. The van der Waals surface area contributed by atoms with Crippen molar-refractivity contribution in [2.24, 2.45) is 10.9 Å². The number of aliphatic hydroxyl groups is 1. The Morgan fingerprint density at radius 1 is 1.07 bits per heavy atom. The number of amides is 1. The Bertz CT molecular complexity index is 822. The first-order valence-corrected chi connectivity index (χ1v) is 9.32. The predicted molar refractivity (Wildman–Crippen MR) is 106 cm³/mol. The number of fused-ring (bicyclic) bond motifs is 1. The van der Waals surface area contributed by atoms with Crippen LogP contribution < -0.4 is 10.6 Å². The number of aliphatic hydroxyl groups excluding tert-OH is 1. The minimum atomic E-state index is -0.307. The van der Waals surface area contributed by atoms with Gasteiger partial charge in [0, 0.05) is 12.8 Å². The summed E-state index contributed by atoms with van der Waals surface area (Å²) in [6, 6.07) is 19.4. The zero-order valence-corrected chi connectivity index (χ0v) is 15.0. The number of dihydropyridines is 1. The fourth-order valence-corrected chi connectivity index (χ4v) is 3.77. The lowest BCUT2D eigenvalue weighted by molar-refractivity contribution is -0.117. The molecule has 1 fully saturated rings. The van der Waals surface area contributed by atoms with E-state index in [4.69, 9.17) is 0 Å². The first-order valence-electron chi connectivity index (χ1n) is 9.32. The lowest BCUT2D eigenvalue weighted by Gasteiger charge is -2.32. The average Bonchev–Trinajstić information content (AvgIpc) is 2.73. The van der Waals surface area contributed by atoms with Crippen molar-refractivity contribution < 1.29 is 9.90 Å². The van der Waals surface area contributed by atoms with Crippen molar-refractivity contribution in [2.75, 3.05) is 13.1 Å². The van der Waals surface area contributed by atoms with Crippen LogP contribution in [0.25, 0.3) is 0 Å². The molecule has 2 unspecified atom stereocenters. The number of nitrogens with zero attached hydrogens (tertiary/aromatic N) is 1. The Hall–Kier alpha value is -2.92. The second-order valence-corrected chi connectivity index (χ2v) is 6.97. The fraction of sp³-hybridized carbons (Fsp3) is 0.273. The molecule has 5 nitrogen and oxygen atoms in total. The summed E-state index contributed by atoms with van der Waals surface area (Å²) >= 11 is 0. The monoisotopic (exact) mass is 361 g/mol. The van der Waals surface area contributed by atoms with Crippen LogP contribution >= 0.6 is 0 Å². The molecular weight excluding hydrogens is 338 g/mol. The maximum absolute atomic E-state index is 13.0. The van der Waals surface area contributed by atoms with Gasteiger partial charge in [0.1, 0.15) is 5.76 Å². The predicted octanol–water partition coefficient (Wildman–Crippen LogP) is 2.77. The molecule has 2 heterocycles. The topological polar surface area (TPSA) is 73.7 Å². The fourth-order valence-electron chi connectivity index (χ4n) is 3.77. The molecule has 1 saturated heterocycles. The molecule has 3 N–H and O–H groups in total. The Kier molecular flexibility index (Phi) is 5.03. The van der Waals surface area contributed by atoms with Gasteiger partial charge in [-0.1, -0.05) is 60.7 Å². The van der Waals surface area contributed by atoms with Gasteiger partial charge in [-0.25, -0.2) is 0 Å². The molecule has 138 valence electrons. The van der Waals surface area contributed by atoms with Crippen LogP contribution in [0.1, 0.15) is 23.6 Å². The molecule has 2 aromatic carbocycles. The van der Waals surface area contributed by atoms with Crippen LogP contribution in [0.5, 0.6) is 0 Å². The van der Waals surface area contributed by atoms with Crippen LogP contribution in [-0.4, -0.2) is 36.4 Å². The number of carbonyl (C=O) groups is 1. The zero-order valence-electron chi connectivity index (χ0n) is 15.0. The lowest BCUT2D eigenvalue weighted by Crippen LogP contribution is -2.43. The highest BCUT2D eigenvalue weighted by atomic mass is 16.3. The highest BCUT2D eigenvalue weighted by molar-refractivity contribution is 6.13. The summed E-state index contributed by atoms with van der Waals surface area (Å²) in [6.45, 7) is 1.53. The number of hydrogen-bond acceptors (Lipinski definition) is 4. The molecule has 2 aliphatic rings. The molecule has 4 rings (SSSR count). The van der Waals surface area contributed by atoms with Crippen LogP contribution in [0.15, 0.2) is 77.0 Å². The van der Waals surface area contributed by atoms with Crippen molar-refractivity contribution >= 4 is 12.1 Å². The van der Waals surface area contributed by atoms with Gasteiger partial charge in [-0.3, -0.25) is 9.79 Å². The second-order valence-electron chi connectivity index (χ2n) is 6.97. The van der Waals surface area contributed by atoms with Crippen molar-refractivity contribution in [1.29, 1.82) is 0 Å². The van der Waals surface area contributed by atoms with E-state index in [1.165, 1.54) is 6.21 Å². The summed E-state index contributed by atoms with van der Waals surface area (Å²) in [5, 5.41) is 17.0. The molecule has 5 heteroatoms. The average molecular weight is 361 g/mol. The van der Waals surface area contributed by atoms with Crippen LogP contribution in [0.3, 0.4) is 0 Å². The van der Waals surface area contributed by atoms with E-state index in [0.29, 0.717) is 6.54 Å². The third kappa shape index (κ3) is 3.64. The molecular formula is C22H23N3O2. The summed E-state index contributed by atoms with van der Waals surface area (Å²) < 4.78 is 0. The Labute approximate surface area is 158 Å². The summed E-state index contributed by atoms with van der Waals surface area (Å²) in [5.41, 5.74) is 2.24. The van der Waals surface area contributed by atoms with E-state index >= 15 is 0 Å². The molecule has 1 amide bonds. The van der Waals surface area contributed by atoms with Gasteiger partial charge in [0.2, 0.25) is 0 Å². The summed E-state index contributed by atoms with van der Waals surface area (Å²) in [6.07, 6.45) is 2.40. The lowest BCUT2D eigenvalue weighted by atomic mass is 9.87. The quantitative estimate of drug-likeness (QED) is 0.784. The Morgan fingerprint density at radius 2 is 1.70 bits per heavy atom. The van der Waals surface area contributed by atoms with E-state index in [9.17, 15) is 9.90 Å². The van der Waals surface area contributed by atoms with Crippen LogP contribution in [0.4, 0.5) is 0 Å². The van der Waals surface area contributed by atoms with E-state index < -0.39 is 0 Å². The Balaban J connectivity index is 1.62. The van der Waals surface area contributed by atoms with Crippen LogP contribution in [-0.2, 0) is 4.79 Å². The highest BCUT2D eigenvalue weighted by Crippen LogP contribution is 2.28. The number of piperidine rings is 1. The number of nitrogens with one attached hydrogen (secondary N) is 2. The van der Waals surface area contributed by atoms with Gasteiger partial charge >= 0.3 is 0 Å². The molecule has 0 bridgehead atoms. The molecule has 0 spiro atoms. The molecule has 0 aromatic heterocycles. The summed E-state index contributed by atoms with van der Waals surface area (Å²) in [5.74, 6) is -0.297. The third-order valence-electron chi connectivity index (χ3n) is 5.25. The molecule has 2 aliphatic heterocycles. The van der Waals surface area contributed by atoms with Crippen LogP contribution in [0, 0.1) is 5.92 Å². The van der Waals surface area contributed by atoms with Crippen molar-refractivity contribution in [2.45, 2.75) is 18.5 Å². The molecule has 2 aromatic rings. The summed E-state index contributed by atoms with van der Waals surface area (Å²) in [7, 11) is 0. The van der Waals surface area contributed by atoms with Crippen molar-refractivity contribution in [1.82, 2.24) is 10.6 Å². The normalized spacial score (nSPS) is 21.8. The van der Waals surface area contributed by atoms with Gasteiger partial charge in [0.05, 0.1) is 23.6 Å². The van der Waals surface area contributed by atoms with Crippen molar-refractivity contribution in [3.05, 3.63) is 83.1 Å². The van der Waals surface area contributed by atoms with E-state index in [1.54, 1.807) is 0 Å². The minimum absolute atomic E-state index is 0.0573. The Morgan fingerprint density at radius 3 is 2.33 bits per heavy atom. The van der Waals surface area contributed by atoms with Gasteiger partial charge in [-0.2, -0.15) is 0 Å². The maximum Gasteiger partial charge on any atom is 0.257 e. The molecule has 2 atom stereocenters. The number of rotatable bonds is 4. The van der Waals surface area contributed by atoms with Gasteiger partial charge in [-0.15, -0.1) is 0 Å². The maximum atomic E-state index is 13.0. The minimum Gasteiger partial charge on any atom is -0.511 e. The highest BCUT2D eigenvalue weighted by Gasteiger charge is 2.34. The van der Waals surface area contributed by atoms with E-state index in [0.717, 1.165) is 24.1 Å². The first-order chi connectivity index (χ1) is 13.2. The molecule has 0 aliphatic carbocycles. The van der Waals surface area contributed by atoms with E-state index in [-0.39, 0.29) is 35.2 Å². The number of aliphatic imine (C=N–C) groups is 1. The van der Waals surface area contributed by atoms with Gasteiger partial charge in [-0.05, 0) is 24.1 Å². The number of carbonyl (C=O) groups excluding carboxylic acids is 1. The van der Waals surface area contributed by atoms with Gasteiger partial charge < -0.3 is 15.7 Å². The van der Waals surface area contributed by atoms with Crippen molar-refractivity contribution in [3.8, 4) is 0 Å². The molecule has 0 radical (unpaired) electrons. The molecule has 27 heavy (non-hydrogen) atoms. The number of hydrogen-bond donors (Lipinski definition) is 3. The third-order valence-corrected chi connectivity index (χ3v) is 5.25. The standard InChI is InChI=1S/C22H23N3O2/c26-21-17-13-23-12-11-19(17)24-14-18(21)22(27)25-20(15-7-3-1-4-8-15)16-9-5-2-6-10-16/h1-10,14,17,19-20,23,26H,11-13H2,(H,25,27). The van der Waals surface area contributed by atoms with Crippen LogP contribution in [0.2, 0.25) is 0 Å². The first kappa shape index (κ1) is 17.5. The summed E-state index contributed by atoms with van der Waals surface area (Å²) in [4.78, 5) is 17.5. The SMILES string of the molecule is O=C(NC(c1ccccc1)c1ccccc1)C1=C(O)C2CNCCC2N=C1. The second kappa shape index (κ2) is 7.76. The van der Waals surface area contributed by atoms with E-state index in [2.05, 4.69) is 15.6 Å². The number of benzene rings is 2. The van der Waals surface area contributed by atoms with E-state index in [1.807, 2.05) is 60.7 Å². The largest absolute Gasteiger partial charge is 0.511 e.